The van der Waals surface area contributed by atoms with Crippen molar-refractivity contribution < 1.29 is 0 Å². The van der Waals surface area contributed by atoms with Crippen molar-refractivity contribution in [3.8, 4) is 0 Å². The summed E-state index contributed by atoms with van der Waals surface area (Å²) in [5.74, 6) is 9.19. The van der Waals surface area contributed by atoms with Crippen molar-refractivity contribution in [2.45, 2.75) is 38.0 Å². The van der Waals surface area contributed by atoms with Crippen LogP contribution in [0, 0.1) is 0 Å². The van der Waals surface area contributed by atoms with E-state index in [1.54, 1.807) is 16.4 Å². The molecule has 0 aliphatic heterocycles. The molecule has 4 nitrogen and oxygen atoms in total. The molecule has 1 aliphatic rings. The molecule has 1 fully saturated rings. The van der Waals surface area contributed by atoms with E-state index in [2.05, 4.69) is 11.2 Å². The monoisotopic (exact) mass is 240 g/mol. The molecule has 0 amide bonds. The Morgan fingerprint density at radius 3 is 2.75 bits per heavy atom. The fourth-order valence-electron chi connectivity index (χ4n) is 2.37. The summed E-state index contributed by atoms with van der Waals surface area (Å²) in [6.45, 7) is 0. The second kappa shape index (κ2) is 4.99. The molecule has 1 aliphatic carbocycles. The maximum Gasteiger partial charge on any atom is 0.146 e. The molecule has 16 heavy (non-hydrogen) atoms. The number of thioether (sulfide) groups is 1. The normalized spacial score (nSPS) is 17.1. The maximum atomic E-state index is 5.98. The Morgan fingerprint density at radius 2 is 2.12 bits per heavy atom. The predicted octanol–water partition coefficient (Wildman–Crippen LogP) is 1.74. The molecule has 1 aromatic rings. The number of nitrogens with two attached hydrogens (primary N) is 2. The summed E-state index contributed by atoms with van der Waals surface area (Å²) in [4.78, 5) is 4.63. The number of nitrogens with zero attached hydrogens (tertiary/aromatic N) is 2. The van der Waals surface area contributed by atoms with E-state index in [0.717, 1.165) is 23.7 Å². The van der Waals surface area contributed by atoms with Gasteiger partial charge in [0.1, 0.15) is 11.6 Å². The molecule has 0 bridgehead atoms. The van der Waals surface area contributed by atoms with Crippen LogP contribution in [0.15, 0.2) is 0 Å². The number of nitrogen functional groups attached to an aromatic ring is 2. The first-order valence-electron chi connectivity index (χ1n) is 5.85. The Balaban J connectivity index is 2.18. The van der Waals surface area contributed by atoms with Crippen LogP contribution in [0.4, 0.5) is 5.82 Å². The van der Waals surface area contributed by atoms with Gasteiger partial charge in [-0.1, -0.05) is 12.8 Å². The highest BCUT2D eigenvalue weighted by Gasteiger charge is 2.24. The van der Waals surface area contributed by atoms with Gasteiger partial charge in [-0.2, -0.15) is 11.8 Å². The van der Waals surface area contributed by atoms with Crippen LogP contribution < -0.4 is 11.6 Å². The van der Waals surface area contributed by atoms with Crippen LogP contribution in [-0.2, 0) is 6.42 Å². The Kier molecular flexibility index (Phi) is 3.63. The van der Waals surface area contributed by atoms with Crippen LogP contribution in [0.3, 0.4) is 0 Å². The van der Waals surface area contributed by atoms with Gasteiger partial charge in [-0.3, -0.25) is 0 Å². The van der Waals surface area contributed by atoms with Crippen molar-refractivity contribution in [3.05, 3.63) is 11.5 Å². The number of hydrogen-bond acceptors (Lipinski definition) is 4. The molecular formula is C11H20N4S. The Bertz CT molecular complexity index is 355. The van der Waals surface area contributed by atoms with Gasteiger partial charge in [0.05, 0.1) is 5.69 Å². The van der Waals surface area contributed by atoms with Gasteiger partial charge in [-0.25, -0.2) is 9.66 Å². The molecule has 1 heterocycles. The number of aromatic nitrogens is 2. The van der Waals surface area contributed by atoms with Crippen molar-refractivity contribution in [2.24, 2.45) is 0 Å². The summed E-state index contributed by atoms with van der Waals surface area (Å²) < 4.78 is 1.60. The minimum absolute atomic E-state index is 0.523. The zero-order valence-electron chi connectivity index (χ0n) is 9.78. The summed E-state index contributed by atoms with van der Waals surface area (Å²) in [6.07, 6.45) is 7.99. The standard InChI is InChI=1S/C11H20N4S/c1-16-7-6-9-10(12)15(13)11(14-9)8-4-2-3-5-8/h8H,2-7,12-13H2,1H3. The molecule has 0 unspecified atom stereocenters. The molecule has 0 radical (unpaired) electrons. The van der Waals surface area contributed by atoms with E-state index >= 15 is 0 Å². The van der Waals surface area contributed by atoms with Crippen molar-refractivity contribution in [1.29, 1.82) is 0 Å². The zero-order valence-corrected chi connectivity index (χ0v) is 10.6. The number of anilines is 1. The lowest BCUT2D eigenvalue weighted by Crippen LogP contribution is -2.17. The van der Waals surface area contributed by atoms with Crippen LogP contribution >= 0.6 is 11.8 Å². The second-order valence-corrected chi connectivity index (χ2v) is 5.38. The first kappa shape index (κ1) is 11.6. The van der Waals surface area contributed by atoms with Crippen LogP contribution in [0.2, 0.25) is 0 Å². The maximum absolute atomic E-state index is 5.98. The Hall–Kier alpha value is -0.840. The van der Waals surface area contributed by atoms with Crippen molar-refractivity contribution in [3.63, 3.8) is 0 Å². The third kappa shape index (κ3) is 2.14. The number of imidazole rings is 1. The van der Waals surface area contributed by atoms with E-state index in [1.807, 2.05) is 0 Å². The van der Waals surface area contributed by atoms with Crippen molar-refractivity contribution in [1.82, 2.24) is 9.66 Å². The molecule has 90 valence electrons. The molecule has 0 saturated heterocycles. The largest absolute Gasteiger partial charge is 0.382 e. The Labute approximate surface area is 101 Å². The smallest absolute Gasteiger partial charge is 0.146 e. The van der Waals surface area contributed by atoms with E-state index in [1.165, 1.54) is 25.7 Å². The molecular weight excluding hydrogens is 220 g/mol. The van der Waals surface area contributed by atoms with Crippen LogP contribution in [0.1, 0.15) is 43.1 Å². The number of aryl methyl sites for hydroxylation is 1. The van der Waals surface area contributed by atoms with Crippen LogP contribution in [-0.4, -0.2) is 21.7 Å². The molecule has 0 aromatic carbocycles. The van der Waals surface area contributed by atoms with Gasteiger partial charge >= 0.3 is 0 Å². The summed E-state index contributed by atoms with van der Waals surface area (Å²) >= 11 is 1.81. The van der Waals surface area contributed by atoms with E-state index in [9.17, 15) is 0 Å². The summed E-state index contributed by atoms with van der Waals surface area (Å²) in [5, 5.41) is 0. The lowest BCUT2D eigenvalue weighted by atomic mass is 10.1. The lowest BCUT2D eigenvalue weighted by Gasteiger charge is -2.08. The molecule has 5 heteroatoms. The summed E-state index contributed by atoms with van der Waals surface area (Å²) in [7, 11) is 0. The first-order chi connectivity index (χ1) is 7.74. The van der Waals surface area contributed by atoms with Gasteiger partial charge in [-0.15, -0.1) is 0 Å². The summed E-state index contributed by atoms with van der Waals surface area (Å²) in [6, 6.07) is 0. The zero-order chi connectivity index (χ0) is 11.5. The van der Waals surface area contributed by atoms with Gasteiger partial charge in [0.15, 0.2) is 0 Å². The van der Waals surface area contributed by atoms with Crippen molar-refractivity contribution in [2.75, 3.05) is 23.6 Å². The lowest BCUT2D eigenvalue weighted by molar-refractivity contribution is 0.646. The van der Waals surface area contributed by atoms with Gasteiger partial charge in [-0.05, 0) is 24.9 Å². The van der Waals surface area contributed by atoms with Gasteiger partial charge in [0.2, 0.25) is 0 Å². The third-order valence-electron chi connectivity index (χ3n) is 3.31. The highest BCUT2D eigenvalue weighted by Crippen LogP contribution is 2.34. The fraction of sp³-hybridized carbons (Fsp3) is 0.727. The average Bonchev–Trinajstić information content (AvgIpc) is 2.88. The SMILES string of the molecule is CSCCc1nc(C2CCCC2)n(N)c1N. The average molecular weight is 240 g/mol. The number of rotatable bonds is 4. The van der Waals surface area contributed by atoms with E-state index in [0.29, 0.717) is 11.7 Å². The third-order valence-corrected chi connectivity index (χ3v) is 3.93. The molecule has 2 rings (SSSR count). The number of hydrogen-bond donors (Lipinski definition) is 2. The van der Waals surface area contributed by atoms with E-state index < -0.39 is 0 Å². The van der Waals surface area contributed by atoms with E-state index in [4.69, 9.17) is 11.6 Å². The molecule has 0 spiro atoms. The van der Waals surface area contributed by atoms with Gasteiger partial charge in [0.25, 0.3) is 0 Å². The Morgan fingerprint density at radius 1 is 1.44 bits per heavy atom. The minimum atomic E-state index is 0.523. The predicted molar refractivity (Wildman–Crippen MR) is 70.1 cm³/mol. The molecule has 1 aromatic heterocycles. The van der Waals surface area contributed by atoms with Crippen molar-refractivity contribution >= 4 is 17.6 Å². The van der Waals surface area contributed by atoms with E-state index in [-0.39, 0.29) is 0 Å². The van der Waals surface area contributed by atoms with Gasteiger partial charge < -0.3 is 11.6 Å². The minimum Gasteiger partial charge on any atom is -0.382 e. The highest BCUT2D eigenvalue weighted by molar-refractivity contribution is 7.98. The fourth-order valence-corrected chi connectivity index (χ4v) is 2.76. The molecule has 4 N–H and O–H groups in total. The first-order valence-corrected chi connectivity index (χ1v) is 7.24. The quantitative estimate of drug-likeness (QED) is 0.787. The molecule has 1 saturated carbocycles. The van der Waals surface area contributed by atoms with Crippen LogP contribution in [0.5, 0.6) is 0 Å². The second-order valence-electron chi connectivity index (χ2n) is 4.40. The highest BCUT2D eigenvalue weighted by atomic mass is 32.2. The summed E-state index contributed by atoms with van der Waals surface area (Å²) in [5.41, 5.74) is 6.95. The molecule has 0 atom stereocenters. The van der Waals surface area contributed by atoms with Crippen LogP contribution in [0.25, 0.3) is 0 Å². The topological polar surface area (TPSA) is 69.9 Å². The van der Waals surface area contributed by atoms with Gasteiger partial charge in [0, 0.05) is 12.3 Å².